The van der Waals surface area contributed by atoms with Gasteiger partial charge < -0.3 is 9.64 Å². The first-order chi connectivity index (χ1) is 14.1. The number of piperidine rings is 1. The van der Waals surface area contributed by atoms with Crippen molar-refractivity contribution in [1.82, 2.24) is 9.88 Å². The van der Waals surface area contributed by atoms with Crippen LogP contribution in [0.25, 0.3) is 22.0 Å². The smallest absolute Gasteiger partial charge is 0.263 e. The molecular weight excluding hydrogens is 391 g/mol. The third-order valence-electron chi connectivity index (χ3n) is 5.73. The standard InChI is InChI=1S/C23H20ClFN2O2/c24-15-10-14-11-21(23(28)27-8-2-1-3-9-27)29-22(14)19(12-15)17-6-7-26-20-5-4-16(25)13-18(17)20/h4-7,10,12-13,21H,1-3,8-9,11H2. The first kappa shape index (κ1) is 18.4. The quantitative estimate of drug-likeness (QED) is 0.596. The van der Waals surface area contributed by atoms with Crippen LogP contribution in [0, 0.1) is 5.82 Å². The molecule has 4 nitrogen and oxygen atoms in total. The number of amides is 1. The summed E-state index contributed by atoms with van der Waals surface area (Å²) >= 11 is 6.40. The summed E-state index contributed by atoms with van der Waals surface area (Å²) in [6, 6.07) is 10.0. The molecule has 1 amide bonds. The number of benzene rings is 2. The topological polar surface area (TPSA) is 42.4 Å². The molecule has 2 aliphatic rings. The highest BCUT2D eigenvalue weighted by molar-refractivity contribution is 6.31. The minimum Gasteiger partial charge on any atom is -0.479 e. The highest BCUT2D eigenvalue weighted by atomic mass is 35.5. The van der Waals surface area contributed by atoms with E-state index < -0.39 is 6.10 Å². The van der Waals surface area contributed by atoms with Crippen molar-refractivity contribution in [3.05, 3.63) is 59.0 Å². The molecule has 148 valence electrons. The first-order valence-electron chi connectivity index (χ1n) is 9.93. The van der Waals surface area contributed by atoms with Crippen LogP contribution < -0.4 is 4.74 Å². The maximum atomic E-state index is 13.9. The van der Waals surface area contributed by atoms with Gasteiger partial charge in [-0.25, -0.2) is 4.39 Å². The van der Waals surface area contributed by atoms with Crippen LogP contribution in [0.4, 0.5) is 4.39 Å². The van der Waals surface area contributed by atoms with E-state index in [0.717, 1.165) is 42.6 Å². The maximum Gasteiger partial charge on any atom is 0.263 e. The SMILES string of the molecule is O=C(C1Cc2cc(Cl)cc(-c3ccnc4ccc(F)cc34)c2O1)N1CCCCC1. The second-order valence-corrected chi connectivity index (χ2v) is 8.09. The molecule has 0 aliphatic carbocycles. The van der Waals surface area contributed by atoms with Gasteiger partial charge in [0.2, 0.25) is 0 Å². The predicted octanol–water partition coefficient (Wildman–Crippen LogP) is 5.01. The van der Waals surface area contributed by atoms with Crippen LogP contribution >= 0.6 is 11.6 Å². The Labute approximate surface area is 173 Å². The number of nitrogens with zero attached hydrogens (tertiary/aromatic N) is 2. The Kier molecular flexibility index (Phi) is 4.63. The summed E-state index contributed by atoms with van der Waals surface area (Å²) in [7, 11) is 0. The number of pyridine rings is 1. The van der Waals surface area contributed by atoms with Crippen LogP contribution in [0.15, 0.2) is 42.6 Å². The van der Waals surface area contributed by atoms with Crippen LogP contribution in [-0.2, 0) is 11.2 Å². The summed E-state index contributed by atoms with van der Waals surface area (Å²) in [5.74, 6) is 0.361. The van der Waals surface area contributed by atoms with E-state index >= 15 is 0 Å². The summed E-state index contributed by atoms with van der Waals surface area (Å²) in [4.78, 5) is 19.2. The second-order valence-electron chi connectivity index (χ2n) is 7.66. The number of halogens is 2. The zero-order valence-corrected chi connectivity index (χ0v) is 16.6. The van der Waals surface area contributed by atoms with Gasteiger partial charge in [0.15, 0.2) is 6.10 Å². The van der Waals surface area contributed by atoms with E-state index in [-0.39, 0.29) is 11.7 Å². The molecule has 3 aromatic rings. The number of carbonyl (C=O) groups is 1. The molecule has 0 saturated carbocycles. The van der Waals surface area contributed by atoms with Crippen molar-refractivity contribution >= 4 is 28.4 Å². The number of rotatable bonds is 2. The Hall–Kier alpha value is -2.66. The fraction of sp³-hybridized carbons (Fsp3) is 0.304. The number of likely N-dealkylation sites (tertiary alicyclic amines) is 1. The van der Waals surface area contributed by atoms with Crippen molar-refractivity contribution in [2.75, 3.05) is 13.1 Å². The van der Waals surface area contributed by atoms with E-state index in [9.17, 15) is 9.18 Å². The van der Waals surface area contributed by atoms with Crippen LogP contribution in [-0.4, -0.2) is 35.0 Å². The molecule has 1 aromatic heterocycles. The van der Waals surface area contributed by atoms with E-state index in [0.29, 0.717) is 28.1 Å². The molecule has 1 atom stereocenters. The van der Waals surface area contributed by atoms with Gasteiger partial charge in [-0.2, -0.15) is 0 Å². The van der Waals surface area contributed by atoms with E-state index in [1.807, 2.05) is 23.1 Å². The number of carbonyl (C=O) groups excluding carboxylic acids is 1. The molecule has 1 saturated heterocycles. The molecule has 0 bridgehead atoms. The van der Waals surface area contributed by atoms with Gasteiger partial charge in [-0.1, -0.05) is 11.6 Å². The van der Waals surface area contributed by atoms with Gasteiger partial charge in [0, 0.05) is 47.2 Å². The fourth-order valence-electron chi connectivity index (χ4n) is 4.33. The van der Waals surface area contributed by atoms with Gasteiger partial charge in [-0.05, 0) is 61.2 Å². The first-order valence-corrected chi connectivity index (χ1v) is 10.3. The summed E-state index contributed by atoms with van der Waals surface area (Å²) in [6.45, 7) is 1.58. The largest absolute Gasteiger partial charge is 0.479 e. The molecular formula is C23H20ClFN2O2. The molecule has 3 heterocycles. The van der Waals surface area contributed by atoms with Gasteiger partial charge >= 0.3 is 0 Å². The Morgan fingerprint density at radius 1 is 1.10 bits per heavy atom. The monoisotopic (exact) mass is 410 g/mol. The normalized spacial score (nSPS) is 18.6. The van der Waals surface area contributed by atoms with Crippen LogP contribution in [0.3, 0.4) is 0 Å². The minimum atomic E-state index is -0.537. The van der Waals surface area contributed by atoms with Gasteiger partial charge in [0.05, 0.1) is 5.52 Å². The van der Waals surface area contributed by atoms with Crippen molar-refractivity contribution in [2.45, 2.75) is 31.8 Å². The molecule has 29 heavy (non-hydrogen) atoms. The van der Waals surface area contributed by atoms with E-state index in [1.54, 1.807) is 12.3 Å². The van der Waals surface area contributed by atoms with E-state index in [1.165, 1.54) is 18.6 Å². The minimum absolute atomic E-state index is 0.0357. The molecule has 1 fully saturated rings. The number of ether oxygens (including phenoxy) is 1. The van der Waals surface area contributed by atoms with Gasteiger partial charge in [-0.3, -0.25) is 9.78 Å². The van der Waals surface area contributed by atoms with Crippen LogP contribution in [0.1, 0.15) is 24.8 Å². The lowest BCUT2D eigenvalue weighted by molar-refractivity contribution is -0.138. The van der Waals surface area contributed by atoms with Crippen molar-refractivity contribution < 1.29 is 13.9 Å². The zero-order chi connectivity index (χ0) is 20.0. The average Bonchev–Trinajstić information content (AvgIpc) is 3.16. The number of hydrogen-bond acceptors (Lipinski definition) is 3. The predicted molar refractivity (Wildman–Crippen MR) is 111 cm³/mol. The average molecular weight is 411 g/mol. The van der Waals surface area contributed by atoms with E-state index in [2.05, 4.69) is 4.98 Å². The highest BCUT2D eigenvalue weighted by Crippen LogP contribution is 2.43. The van der Waals surface area contributed by atoms with Crippen LogP contribution in [0.2, 0.25) is 5.02 Å². The summed E-state index contributed by atoms with van der Waals surface area (Å²) < 4.78 is 20.1. The van der Waals surface area contributed by atoms with Crippen molar-refractivity contribution in [2.24, 2.45) is 0 Å². The Balaban J connectivity index is 1.56. The number of aromatic nitrogens is 1. The fourth-order valence-corrected chi connectivity index (χ4v) is 4.57. The van der Waals surface area contributed by atoms with Gasteiger partial charge in [0.25, 0.3) is 5.91 Å². The molecule has 2 aromatic carbocycles. The van der Waals surface area contributed by atoms with Crippen molar-refractivity contribution in [1.29, 1.82) is 0 Å². The van der Waals surface area contributed by atoms with Crippen molar-refractivity contribution in [3.63, 3.8) is 0 Å². The third-order valence-corrected chi connectivity index (χ3v) is 5.95. The summed E-state index contributed by atoms with van der Waals surface area (Å²) in [5.41, 5.74) is 3.15. The number of fused-ring (bicyclic) bond motifs is 2. The van der Waals surface area contributed by atoms with E-state index in [4.69, 9.17) is 16.3 Å². The summed E-state index contributed by atoms with van der Waals surface area (Å²) in [6.07, 6.45) is 4.89. The molecule has 1 unspecified atom stereocenters. The molecule has 0 N–H and O–H groups in total. The van der Waals surface area contributed by atoms with Gasteiger partial charge in [0.1, 0.15) is 11.6 Å². The molecule has 0 radical (unpaired) electrons. The second kappa shape index (κ2) is 7.30. The summed E-state index contributed by atoms with van der Waals surface area (Å²) in [5, 5.41) is 1.25. The molecule has 6 heteroatoms. The lowest BCUT2D eigenvalue weighted by Crippen LogP contribution is -2.43. The third kappa shape index (κ3) is 3.33. The lowest BCUT2D eigenvalue weighted by Gasteiger charge is -2.28. The number of hydrogen-bond donors (Lipinski definition) is 0. The molecule has 0 spiro atoms. The lowest BCUT2D eigenvalue weighted by atomic mass is 9.97. The Morgan fingerprint density at radius 3 is 2.76 bits per heavy atom. The highest BCUT2D eigenvalue weighted by Gasteiger charge is 2.35. The zero-order valence-electron chi connectivity index (χ0n) is 15.8. The maximum absolute atomic E-state index is 13.9. The Morgan fingerprint density at radius 2 is 1.93 bits per heavy atom. The van der Waals surface area contributed by atoms with Crippen LogP contribution in [0.5, 0.6) is 5.75 Å². The Bertz CT molecular complexity index is 1110. The molecule has 2 aliphatic heterocycles. The van der Waals surface area contributed by atoms with Gasteiger partial charge in [-0.15, -0.1) is 0 Å². The molecule has 5 rings (SSSR count). The van der Waals surface area contributed by atoms with Crippen molar-refractivity contribution in [3.8, 4) is 16.9 Å².